The first kappa shape index (κ1) is 20.9. The third-order valence-corrected chi connectivity index (χ3v) is 4.66. The standard InChI is InChI=1S/C17H24N6O3.ClH/c1-11-10-23(9-8-18-11)15(25)7-6-14(24)19-13-5-4-12-16(20-13)22(3)17(26)21(12)2;/h4-5,11,18H,6-10H2,1-3H3,(H,19,20,24);1H/t11-;/m1./s1. The lowest BCUT2D eigenvalue weighted by molar-refractivity contribution is -0.133. The molecular weight excluding hydrogens is 372 g/mol. The van der Waals surface area contributed by atoms with Crippen molar-refractivity contribution < 1.29 is 9.59 Å². The third-order valence-electron chi connectivity index (χ3n) is 4.66. The highest BCUT2D eigenvalue weighted by Gasteiger charge is 2.21. The molecule has 9 nitrogen and oxygen atoms in total. The van der Waals surface area contributed by atoms with Crippen LogP contribution in [0.1, 0.15) is 19.8 Å². The highest BCUT2D eigenvalue weighted by atomic mass is 35.5. The van der Waals surface area contributed by atoms with Gasteiger partial charge in [0.15, 0.2) is 5.65 Å². The van der Waals surface area contributed by atoms with Crippen molar-refractivity contribution in [3.63, 3.8) is 0 Å². The molecule has 2 amide bonds. The summed E-state index contributed by atoms with van der Waals surface area (Å²) in [7, 11) is 3.31. The molecule has 2 aromatic rings. The Kier molecular flexibility index (Phi) is 6.61. The fourth-order valence-corrected chi connectivity index (χ4v) is 3.18. The quantitative estimate of drug-likeness (QED) is 0.770. The van der Waals surface area contributed by atoms with Crippen molar-refractivity contribution in [2.75, 3.05) is 25.0 Å². The van der Waals surface area contributed by atoms with Gasteiger partial charge in [-0.15, -0.1) is 12.4 Å². The van der Waals surface area contributed by atoms with E-state index in [-0.39, 0.29) is 48.8 Å². The molecule has 3 heterocycles. The van der Waals surface area contributed by atoms with Crippen LogP contribution in [0.25, 0.3) is 11.2 Å². The second kappa shape index (κ2) is 8.53. The fraction of sp³-hybridized carbons (Fsp3) is 0.529. The zero-order valence-electron chi connectivity index (χ0n) is 15.7. The van der Waals surface area contributed by atoms with E-state index >= 15 is 0 Å². The van der Waals surface area contributed by atoms with E-state index in [4.69, 9.17) is 0 Å². The molecule has 10 heteroatoms. The zero-order chi connectivity index (χ0) is 18.8. The van der Waals surface area contributed by atoms with Crippen LogP contribution in [0.3, 0.4) is 0 Å². The number of aromatic nitrogens is 3. The number of hydrogen-bond acceptors (Lipinski definition) is 5. The lowest BCUT2D eigenvalue weighted by Crippen LogP contribution is -2.51. The topological polar surface area (TPSA) is 101 Å². The highest BCUT2D eigenvalue weighted by Crippen LogP contribution is 2.13. The average molecular weight is 397 g/mol. The van der Waals surface area contributed by atoms with Gasteiger partial charge in [-0.2, -0.15) is 0 Å². The third kappa shape index (κ3) is 4.48. The Balaban J connectivity index is 0.00000261. The summed E-state index contributed by atoms with van der Waals surface area (Å²) in [6.45, 7) is 4.15. The van der Waals surface area contributed by atoms with E-state index in [0.29, 0.717) is 30.1 Å². The van der Waals surface area contributed by atoms with E-state index in [1.165, 1.54) is 9.13 Å². The number of aryl methyl sites for hydroxylation is 2. The molecule has 148 valence electrons. The number of hydrogen-bond donors (Lipinski definition) is 2. The lowest BCUT2D eigenvalue weighted by Gasteiger charge is -2.31. The van der Waals surface area contributed by atoms with Crippen LogP contribution in [0.5, 0.6) is 0 Å². The average Bonchev–Trinajstić information content (AvgIpc) is 2.84. The minimum atomic E-state index is -0.269. The van der Waals surface area contributed by atoms with Gasteiger partial charge in [0.1, 0.15) is 5.82 Å². The van der Waals surface area contributed by atoms with Crippen LogP contribution in [-0.4, -0.2) is 56.5 Å². The van der Waals surface area contributed by atoms with Crippen LogP contribution in [0.15, 0.2) is 16.9 Å². The van der Waals surface area contributed by atoms with Crippen LogP contribution in [0.4, 0.5) is 5.82 Å². The summed E-state index contributed by atoms with van der Waals surface area (Å²) in [5, 5.41) is 5.98. The maximum Gasteiger partial charge on any atom is 0.329 e. The van der Waals surface area contributed by atoms with E-state index in [9.17, 15) is 14.4 Å². The molecule has 0 aromatic carbocycles. The summed E-state index contributed by atoms with van der Waals surface area (Å²) >= 11 is 0. The molecule has 1 atom stereocenters. The summed E-state index contributed by atoms with van der Waals surface area (Å²) in [5.41, 5.74) is 1.02. The number of imidazole rings is 1. The van der Waals surface area contributed by atoms with Crippen LogP contribution >= 0.6 is 12.4 Å². The van der Waals surface area contributed by atoms with Gasteiger partial charge in [-0.1, -0.05) is 0 Å². The molecule has 2 N–H and O–H groups in total. The van der Waals surface area contributed by atoms with Gasteiger partial charge in [0, 0.05) is 52.6 Å². The molecule has 0 bridgehead atoms. The van der Waals surface area contributed by atoms with Crippen molar-refractivity contribution in [3.05, 3.63) is 22.6 Å². The summed E-state index contributed by atoms with van der Waals surface area (Å²) in [6.07, 6.45) is 0.273. The van der Waals surface area contributed by atoms with Gasteiger partial charge < -0.3 is 15.5 Å². The predicted octanol–water partition coefficient (Wildman–Crippen LogP) is 0.233. The van der Waals surface area contributed by atoms with Gasteiger partial charge in [0.05, 0.1) is 5.52 Å². The van der Waals surface area contributed by atoms with Crippen molar-refractivity contribution in [2.24, 2.45) is 14.1 Å². The summed E-state index contributed by atoms with van der Waals surface area (Å²) in [4.78, 5) is 42.4. The molecule has 3 rings (SSSR count). The fourth-order valence-electron chi connectivity index (χ4n) is 3.18. The number of carbonyl (C=O) groups excluding carboxylic acids is 2. The highest BCUT2D eigenvalue weighted by molar-refractivity contribution is 5.93. The Morgan fingerprint density at radius 2 is 2.00 bits per heavy atom. The van der Waals surface area contributed by atoms with E-state index < -0.39 is 0 Å². The maximum absolute atomic E-state index is 12.2. The largest absolute Gasteiger partial charge is 0.340 e. The number of nitrogens with zero attached hydrogens (tertiary/aromatic N) is 4. The molecule has 0 aliphatic carbocycles. The number of amides is 2. The van der Waals surface area contributed by atoms with Gasteiger partial charge in [0.2, 0.25) is 11.8 Å². The minimum Gasteiger partial charge on any atom is -0.340 e. The Bertz CT molecular complexity index is 906. The van der Waals surface area contributed by atoms with Crippen LogP contribution < -0.4 is 16.3 Å². The summed E-state index contributed by atoms with van der Waals surface area (Å²) in [5.74, 6) is 0.0867. The Morgan fingerprint density at radius 3 is 2.70 bits per heavy atom. The molecule has 2 aromatic heterocycles. The smallest absolute Gasteiger partial charge is 0.329 e. The van der Waals surface area contributed by atoms with Gasteiger partial charge in [0.25, 0.3) is 0 Å². The Labute approximate surface area is 163 Å². The molecule has 1 aliphatic heterocycles. The molecule has 1 aliphatic rings. The first-order valence-electron chi connectivity index (χ1n) is 8.70. The molecule has 0 radical (unpaired) electrons. The van der Waals surface area contributed by atoms with Crippen molar-refractivity contribution in [1.82, 2.24) is 24.3 Å². The monoisotopic (exact) mass is 396 g/mol. The molecule has 0 unspecified atom stereocenters. The van der Waals surface area contributed by atoms with Gasteiger partial charge >= 0.3 is 5.69 Å². The zero-order valence-corrected chi connectivity index (χ0v) is 16.5. The van der Waals surface area contributed by atoms with Crippen molar-refractivity contribution >= 4 is 41.2 Å². The van der Waals surface area contributed by atoms with E-state index in [1.807, 2.05) is 6.92 Å². The van der Waals surface area contributed by atoms with E-state index in [0.717, 1.165) is 6.54 Å². The number of anilines is 1. The first-order valence-corrected chi connectivity index (χ1v) is 8.70. The van der Waals surface area contributed by atoms with Gasteiger partial charge in [-0.05, 0) is 19.1 Å². The molecule has 0 spiro atoms. The van der Waals surface area contributed by atoms with Crippen molar-refractivity contribution in [2.45, 2.75) is 25.8 Å². The molecular formula is C17H25ClN6O3. The predicted molar refractivity (Wildman–Crippen MR) is 105 cm³/mol. The second-order valence-electron chi connectivity index (χ2n) is 6.68. The number of fused-ring (bicyclic) bond motifs is 1. The Morgan fingerprint density at radius 1 is 1.26 bits per heavy atom. The molecule has 1 saturated heterocycles. The number of carbonyl (C=O) groups is 2. The van der Waals surface area contributed by atoms with Gasteiger partial charge in [-0.3, -0.25) is 18.7 Å². The first-order chi connectivity index (χ1) is 12.4. The normalized spacial score (nSPS) is 16.9. The van der Waals surface area contributed by atoms with Crippen LogP contribution in [0, 0.1) is 0 Å². The lowest BCUT2D eigenvalue weighted by atomic mass is 10.2. The second-order valence-corrected chi connectivity index (χ2v) is 6.68. The number of rotatable bonds is 4. The summed E-state index contributed by atoms with van der Waals surface area (Å²) in [6, 6.07) is 3.67. The molecule has 1 fully saturated rings. The summed E-state index contributed by atoms with van der Waals surface area (Å²) < 4.78 is 2.93. The maximum atomic E-state index is 12.2. The SMILES string of the molecule is C[C@@H]1CN(C(=O)CCC(=O)Nc2ccc3c(n2)n(C)c(=O)n3C)CCN1.Cl. The van der Waals surface area contributed by atoms with Crippen LogP contribution in [0.2, 0.25) is 0 Å². The van der Waals surface area contributed by atoms with Gasteiger partial charge in [-0.25, -0.2) is 9.78 Å². The number of halogens is 1. The Hall–Kier alpha value is -2.39. The van der Waals surface area contributed by atoms with E-state index in [1.54, 1.807) is 31.1 Å². The molecule has 27 heavy (non-hydrogen) atoms. The minimum absolute atomic E-state index is 0. The van der Waals surface area contributed by atoms with Crippen LogP contribution in [-0.2, 0) is 23.7 Å². The number of piperazine rings is 1. The van der Waals surface area contributed by atoms with Crippen molar-refractivity contribution in [1.29, 1.82) is 0 Å². The van der Waals surface area contributed by atoms with E-state index in [2.05, 4.69) is 15.6 Å². The van der Waals surface area contributed by atoms with Crippen molar-refractivity contribution in [3.8, 4) is 0 Å². The number of nitrogens with one attached hydrogen (secondary N) is 2. The molecule has 0 saturated carbocycles. The number of pyridine rings is 1.